The predicted molar refractivity (Wildman–Crippen MR) is 77.8 cm³/mol. The number of allylic oxidation sites excluding steroid dienone is 3. The summed E-state index contributed by atoms with van der Waals surface area (Å²) in [7, 11) is 0. The van der Waals surface area contributed by atoms with Gasteiger partial charge >= 0.3 is 0 Å². The summed E-state index contributed by atoms with van der Waals surface area (Å²) in [6.45, 7) is 9.51. The smallest absolute Gasteiger partial charge is 0.221 e. The maximum atomic E-state index is 11.6. The Labute approximate surface area is 115 Å². The molecule has 4 heteroatoms. The number of aliphatic hydroxyl groups excluding tert-OH is 2. The van der Waals surface area contributed by atoms with Gasteiger partial charge in [-0.1, -0.05) is 33.4 Å². The Morgan fingerprint density at radius 2 is 2.05 bits per heavy atom. The third kappa shape index (κ3) is 6.82. The average molecular weight is 267 g/mol. The van der Waals surface area contributed by atoms with E-state index in [-0.39, 0.29) is 18.4 Å². The van der Waals surface area contributed by atoms with Gasteiger partial charge in [0.15, 0.2) is 5.76 Å². The molecule has 0 saturated carbocycles. The van der Waals surface area contributed by atoms with Crippen LogP contribution in [0.2, 0.25) is 0 Å². The summed E-state index contributed by atoms with van der Waals surface area (Å²) in [5, 5.41) is 21.8. The minimum absolute atomic E-state index is 0.00536. The molecule has 0 aliphatic heterocycles. The molecular weight excluding hydrogens is 242 g/mol. The van der Waals surface area contributed by atoms with Crippen molar-refractivity contribution in [3.8, 4) is 0 Å². The van der Waals surface area contributed by atoms with Gasteiger partial charge in [-0.3, -0.25) is 4.79 Å². The third-order valence-electron chi connectivity index (χ3n) is 2.71. The van der Waals surface area contributed by atoms with E-state index < -0.39 is 5.78 Å². The number of hydrogen-bond donors (Lipinski definition) is 3. The second-order valence-corrected chi connectivity index (χ2v) is 4.80. The summed E-state index contributed by atoms with van der Waals surface area (Å²) in [4.78, 5) is 11.6. The van der Waals surface area contributed by atoms with Crippen LogP contribution in [0.5, 0.6) is 0 Å². The normalized spacial score (nSPS) is 14.4. The number of ketones is 1. The van der Waals surface area contributed by atoms with Crippen LogP contribution in [0, 0.1) is 5.92 Å². The molecule has 1 unspecified atom stereocenters. The fourth-order valence-corrected chi connectivity index (χ4v) is 1.67. The van der Waals surface area contributed by atoms with Crippen LogP contribution in [0.15, 0.2) is 36.3 Å². The van der Waals surface area contributed by atoms with Crippen LogP contribution >= 0.6 is 0 Å². The van der Waals surface area contributed by atoms with Crippen LogP contribution in [0.3, 0.4) is 0 Å². The van der Waals surface area contributed by atoms with Crippen molar-refractivity contribution in [3.63, 3.8) is 0 Å². The van der Waals surface area contributed by atoms with E-state index in [0.717, 1.165) is 6.42 Å². The second-order valence-electron chi connectivity index (χ2n) is 4.80. The Kier molecular flexibility index (Phi) is 8.62. The molecule has 0 amide bonds. The molecule has 0 rings (SSSR count). The molecule has 3 N–H and O–H groups in total. The minimum Gasteiger partial charge on any atom is -0.504 e. The summed E-state index contributed by atoms with van der Waals surface area (Å²) in [5.74, 6) is -0.292. The molecule has 0 aliphatic carbocycles. The van der Waals surface area contributed by atoms with E-state index in [0.29, 0.717) is 17.9 Å². The molecule has 0 fully saturated rings. The van der Waals surface area contributed by atoms with Crippen molar-refractivity contribution in [2.45, 2.75) is 39.7 Å². The highest BCUT2D eigenvalue weighted by atomic mass is 16.3. The van der Waals surface area contributed by atoms with E-state index in [4.69, 9.17) is 5.11 Å². The molecule has 0 saturated heterocycles. The topological polar surface area (TPSA) is 69.6 Å². The largest absolute Gasteiger partial charge is 0.504 e. The molecule has 4 nitrogen and oxygen atoms in total. The van der Waals surface area contributed by atoms with E-state index in [1.165, 1.54) is 18.4 Å². The van der Waals surface area contributed by atoms with Crippen molar-refractivity contribution in [1.29, 1.82) is 0 Å². The van der Waals surface area contributed by atoms with Crippen LogP contribution in [0.4, 0.5) is 0 Å². The molecule has 0 heterocycles. The SMILES string of the molecule is C=C/C(CC)=C(/O)C(=O)/C=C\NC(CO)CC(C)C. The zero-order valence-electron chi connectivity index (χ0n) is 12.0. The lowest BCUT2D eigenvalue weighted by Gasteiger charge is -2.16. The molecule has 0 spiro atoms. The number of nitrogens with one attached hydrogen (secondary N) is 1. The average Bonchev–Trinajstić information content (AvgIpc) is 2.38. The molecule has 108 valence electrons. The molecular formula is C15H25NO3. The van der Waals surface area contributed by atoms with Gasteiger partial charge in [-0.25, -0.2) is 0 Å². The van der Waals surface area contributed by atoms with Gasteiger partial charge in [0.05, 0.1) is 6.61 Å². The Morgan fingerprint density at radius 1 is 1.42 bits per heavy atom. The maximum absolute atomic E-state index is 11.6. The van der Waals surface area contributed by atoms with Crippen LogP contribution in [-0.4, -0.2) is 28.6 Å². The zero-order valence-corrected chi connectivity index (χ0v) is 12.0. The van der Waals surface area contributed by atoms with Gasteiger partial charge in [-0.2, -0.15) is 0 Å². The van der Waals surface area contributed by atoms with Crippen molar-refractivity contribution < 1.29 is 15.0 Å². The first kappa shape index (κ1) is 17.4. The number of hydrogen-bond acceptors (Lipinski definition) is 4. The third-order valence-corrected chi connectivity index (χ3v) is 2.71. The molecule has 1 atom stereocenters. The molecule has 19 heavy (non-hydrogen) atoms. The number of carbonyl (C=O) groups is 1. The van der Waals surface area contributed by atoms with Crippen molar-refractivity contribution in [3.05, 3.63) is 36.3 Å². The highest BCUT2D eigenvalue weighted by Gasteiger charge is 2.09. The van der Waals surface area contributed by atoms with Crippen molar-refractivity contribution in [2.75, 3.05) is 6.61 Å². The lowest BCUT2D eigenvalue weighted by atomic mass is 10.0. The van der Waals surface area contributed by atoms with Gasteiger partial charge in [-0.15, -0.1) is 0 Å². The monoisotopic (exact) mass is 267 g/mol. The lowest BCUT2D eigenvalue weighted by Crippen LogP contribution is -2.29. The maximum Gasteiger partial charge on any atom is 0.221 e. The van der Waals surface area contributed by atoms with E-state index in [1.807, 2.05) is 6.92 Å². The van der Waals surface area contributed by atoms with Gasteiger partial charge < -0.3 is 15.5 Å². The highest BCUT2D eigenvalue weighted by Crippen LogP contribution is 2.09. The lowest BCUT2D eigenvalue weighted by molar-refractivity contribution is -0.113. The summed E-state index contributed by atoms with van der Waals surface area (Å²) in [6, 6.07) is -0.0831. The van der Waals surface area contributed by atoms with E-state index >= 15 is 0 Å². The van der Waals surface area contributed by atoms with E-state index in [1.54, 1.807) is 0 Å². The highest BCUT2D eigenvalue weighted by molar-refractivity contribution is 6.02. The fourth-order valence-electron chi connectivity index (χ4n) is 1.67. The Hall–Kier alpha value is -1.55. The fraction of sp³-hybridized carbons (Fsp3) is 0.533. The van der Waals surface area contributed by atoms with Crippen molar-refractivity contribution in [1.82, 2.24) is 5.32 Å². The summed E-state index contributed by atoms with van der Waals surface area (Å²) >= 11 is 0. The first-order valence-corrected chi connectivity index (χ1v) is 6.58. The predicted octanol–water partition coefficient (Wildman–Crippen LogP) is 2.47. The molecule has 0 bridgehead atoms. The summed E-state index contributed by atoms with van der Waals surface area (Å²) < 4.78 is 0. The molecule has 0 aromatic rings. The standard InChI is InChI=1S/C15H25NO3/c1-5-12(6-2)15(19)14(18)7-8-16-13(10-17)9-11(3)4/h5,7-8,11,13,16-17,19H,1,6,9-10H2,2-4H3/b8-7-,15-12-. The number of rotatable bonds is 9. The summed E-state index contributed by atoms with van der Waals surface area (Å²) in [6.07, 6.45) is 5.57. The van der Waals surface area contributed by atoms with Gasteiger partial charge in [-0.05, 0) is 24.3 Å². The molecule has 0 aromatic heterocycles. The van der Waals surface area contributed by atoms with E-state index in [2.05, 4.69) is 25.7 Å². The van der Waals surface area contributed by atoms with Crippen LogP contribution in [-0.2, 0) is 4.79 Å². The minimum atomic E-state index is -0.467. The second kappa shape index (κ2) is 9.39. The van der Waals surface area contributed by atoms with Crippen molar-refractivity contribution in [2.24, 2.45) is 5.92 Å². The van der Waals surface area contributed by atoms with Gasteiger partial charge in [0.2, 0.25) is 5.78 Å². The van der Waals surface area contributed by atoms with Crippen LogP contribution in [0.1, 0.15) is 33.6 Å². The first-order valence-electron chi connectivity index (χ1n) is 6.58. The molecule has 0 aromatic carbocycles. The Morgan fingerprint density at radius 3 is 2.47 bits per heavy atom. The van der Waals surface area contributed by atoms with Crippen LogP contribution in [0.25, 0.3) is 0 Å². The molecule has 0 radical (unpaired) electrons. The van der Waals surface area contributed by atoms with Gasteiger partial charge in [0, 0.05) is 18.3 Å². The van der Waals surface area contributed by atoms with Crippen molar-refractivity contribution >= 4 is 5.78 Å². The Balaban J connectivity index is 4.52. The van der Waals surface area contributed by atoms with Crippen LogP contribution < -0.4 is 5.32 Å². The Bertz CT molecular complexity index is 356. The quantitative estimate of drug-likeness (QED) is 0.341. The summed E-state index contributed by atoms with van der Waals surface area (Å²) in [5.41, 5.74) is 0.524. The van der Waals surface area contributed by atoms with E-state index in [9.17, 15) is 9.90 Å². The number of carbonyl (C=O) groups excluding carboxylic acids is 1. The van der Waals surface area contributed by atoms with Gasteiger partial charge in [0.25, 0.3) is 0 Å². The number of aliphatic hydroxyl groups is 2. The van der Waals surface area contributed by atoms with Gasteiger partial charge in [0.1, 0.15) is 0 Å². The zero-order chi connectivity index (χ0) is 14.8. The first-order chi connectivity index (χ1) is 8.96. The molecule has 0 aliphatic rings.